The van der Waals surface area contributed by atoms with Crippen molar-refractivity contribution in [1.82, 2.24) is 15.8 Å². The van der Waals surface area contributed by atoms with Crippen molar-refractivity contribution in [2.24, 2.45) is 4.99 Å². The van der Waals surface area contributed by atoms with Crippen molar-refractivity contribution in [2.75, 3.05) is 25.1 Å². The van der Waals surface area contributed by atoms with Crippen molar-refractivity contribution in [2.45, 2.75) is 33.2 Å². The Bertz CT molecular complexity index is 570. The summed E-state index contributed by atoms with van der Waals surface area (Å²) in [5.41, 5.74) is 0.906. The Hall–Kier alpha value is -0.840. The number of nitrogens with one attached hydrogen (secondary N) is 2. The van der Waals surface area contributed by atoms with Crippen LogP contribution in [-0.2, 0) is 16.4 Å². The van der Waals surface area contributed by atoms with E-state index in [2.05, 4.69) is 20.8 Å². The lowest BCUT2D eigenvalue weighted by Gasteiger charge is -2.10. The maximum Gasteiger partial charge on any atom is 0.191 e. The Balaban J connectivity index is 0.00000441. The smallest absolute Gasteiger partial charge is 0.191 e. The number of aromatic nitrogens is 1. The lowest BCUT2D eigenvalue weighted by Crippen LogP contribution is -2.39. The summed E-state index contributed by atoms with van der Waals surface area (Å²) in [6.45, 7) is 6.50. The number of hydrogen-bond acceptors (Lipinski definition) is 5. The number of rotatable bonds is 7. The molecule has 0 aliphatic carbocycles. The van der Waals surface area contributed by atoms with E-state index in [0.717, 1.165) is 5.69 Å². The molecule has 0 saturated heterocycles. The molecule has 22 heavy (non-hydrogen) atoms. The Morgan fingerprint density at radius 1 is 1.41 bits per heavy atom. The first-order valence-corrected chi connectivity index (χ1v) is 8.80. The summed E-state index contributed by atoms with van der Waals surface area (Å²) >= 11 is 0. The first-order chi connectivity index (χ1) is 9.88. The maximum absolute atomic E-state index is 11.4. The van der Waals surface area contributed by atoms with Gasteiger partial charge in [0.1, 0.15) is 0 Å². The summed E-state index contributed by atoms with van der Waals surface area (Å²) in [5, 5.41) is 9.98. The fraction of sp³-hybridized carbons (Fsp3) is 0.692. The first kappa shape index (κ1) is 21.2. The van der Waals surface area contributed by atoms with Crippen molar-refractivity contribution in [1.29, 1.82) is 0 Å². The van der Waals surface area contributed by atoms with Crippen molar-refractivity contribution >= 4 is 39.8 Å². The highest BCUT2D eigenvalue weighted by molar-refractivity contribution is 14.0. The van der Waals surface area contributed by atoms with Crippen LogP contribution in [-0.4, -0.2) is 44.6 Å². The topological polar surface area (TPSA) is 96.6 Å². The van der Waals surface area contributed by atoms with E-state index in [4.69, 9.17) is 4.52 Å². The number of hydrogen-bond donors (Lipinski definition) is 2. The minimum Gasteiger partial charge on any atom is -0.359 e. The maximum atomic E-state index is 11.4. The molecule has 0 spiro atoms. The largest absolute Gasteiger partial charge is 0.359 e. The molecule has 2 N–H and O–H groups in total. The van der Waals surface area contributed by atoms with E-state index in [1.165, 1.54) is 0 Å². The van der Waals surface area contributed by atoms with Crippen molar-refractivity contribution < 1.29 is 12.9 Å². The minimum absolute atomic E-state index is 0. The van der Waals surface area contributed by atoms with Crippen LogP contribution in [0.25, 0.3) is 0 Å². The Morgan fingerprint density at radius 3 is 2.59 bits per heavy atom. The fourth-order valence-electron chi connectivity index (χ4n) is 1.55. The summed E-state index contributed by atoms with van der Waals surface area (Å²) in [6, 6.07) is 1.90. The molecule has 0 bridgehead atoms. The fourth-order valence-corrected chi connectivity index (χ4v) is 2.25. The molecule has 1 heterocycles. The highest BCUT2D eigenvalue weighted by Gasteiger charge is 2.09. The molecule has 0 unspecified atom stereocenters. The van der Waals surface area contributed by atoms with Crippen molar-refractivity contribution in [3.05, 3.63) is 17.5 Å². The molecule has 7 nitrogen and oxygen atoms in total. The molecule has 0 aliphatic heterocycles. The lowest BCUT2D eigenvalue weighted by atomic mass is 10.1. The summed E-state index contributed by atoms with van der Waals surface area (Å²) < 4.78 is 28.0. The summed E-state index contributed by atoms with van der Waals surface area (Å²) in [6.07, 6.45) is 0. The molecular formula is C13H25IN4O3S. The van der Waals surface area contributed by atoms with Gasteiger partial charge in [-0.2, -0.15) is 0 Å². The molecule has 128 valence electrons. The van der Waals surface area contributed by atoms with Gasteiger partial charge in [0.2, 0.25) is 0 Å². The Labute approximate surface area is 149 Å². The van der Waals surface area contributed by atoms with E-state index >= 15 is 0 Å². The van der Waals surface area contributed by atoms with E-state index in [1.54, 1.807) is 14.0 Å². The number of aliphatic imine (C=N–C) groups is 1. The third-order valence-electron chi connectivity index (χ3n) is 2.97. The number of sulfone groups is 1. The summed E-state index contributed by atoms with van der Waals surface area (Å²) in [4.78, 5) is 4.03. The first-order valence-electron chi connectivity index (χ1n) is 6.98. The van der Waals surface area contributed by atoms with Gasteiger partial charge in [0.25, 0.3) is 0 Å². The highest BCUT2D eigenvalue weighted by atomic mass is 127. The zero-order valence-electron chi connectivity index (χ0n) is 13.4. The van der Waals surface area contributed by atoms with Crippen molar-refractivity contribution in [3.63, 3.8) is 0 Å². The molecule has 0 atom stereocenters. The average molecular weight is 444 g/mol. The van der Waals surface area contributed by atoms with Gasteiger partial charge in [0.05, 0.1) is 18.0 Å². The summed E-state index contributed by atoms with van der Waals surface area (Å²) in [5.74, 6) is 1.80. The molecule has 1 rings (SSSR count). The zero-order valence-corrected chi connectivity index (χ0v) is 16.6. The second-order valence-electron chi connectivity index (χ2n) is 4.96. The van der Waals surface area contributed by atoms with E-state index in [-0.39, 0.29) is 35.5 Å². The van der Waals surface area contributed by atoms with Gasteiger partial charge in [0.15, 0.2) is 21.6 Å². The number of halogens is 1. The van der Waals surface area contributed by atoms with Gasteiger partial charge in [-0.05, 0) is 5.92 Å². The molecule has 0 saturated carbocycles. The highest BCUT2D eigenvalue weighted by Crippen LogP contribution is 2.13. The minimum atomic E-state index is -2.97. The van der Waals surface area contributed by atoms with Gasteiger partial charge in [-0.1, -0.05) is 25.9 Å². The van der Waals surface area contributed by atoms with Gasteiger partial charge < -0.3 is 15.2 Å². The van der Waals surface area contributed by atoms with Crippen LogP contribution < -0.4 is 10.6 Å². The second kappa shape index (κ2) is 10.0. The molecule has 9 heteroatoms. The van der Waals surface area contributed by atoms with Crippen LogP contribution in [0.2, 0.25) is 0 Å². The second-order valence-corrected chi connectivity index (χ2v) is 7.43. The lowest BCUT2D eigenvalue weighted by molar-refractivity contribution is 0.372. The monoisotopic (exact) mass is 444 g/mol. The van der Waals surface area contributed by atoms with Crippen LogP contribution in [0.15, 0.2) is 15.6 Å². The zero-order chi connectivity index (χ0) is 15.9. The molecule has 0 fully saturated rings. The molecule has 1 aromatic heterocycles. The van der Waals surface area contributed by atoms with Crippen LogP contribution in [0.3, 0.4) is 0 Å². The average Bonchev–Trinajstić information content (AvgIpc) is 2.91. The Morgan fingerprint density at radius 2 is 2.09 bits per heavy atom. The van der Waals surface area contributed by atoms with E-state index in [1.807, 2.05) is 19.9 Å². The predicted octanol–water partition coefficient (Wildman–Crippen LogP) is 1.52. The summed E-state index contributed by atoms with van der Waals surface area (Å²) in [7, 11) is -1.34. The van der Waals surface area contributed by atoms with Crippen LogP contribution in [0, 0.1) is 0 Å². The van der Waals surface area contributed by atoms with Gasteiger partial charge in [-0.15, -0.1) is 24.0 Å². The van der Waals surface area contributed by atoms with Crippen LogP contribution in [0.4, 0.5) is 0 Å². The molecule has 0 amide bonds. The third-order valence-corrected chi connectivity index (χ3v) is 4.67. The normalized spacial score (nSPS) is 12.1. The molecule has 0 aliphatic rings. The number of nitrogens with zero attached hydrogens (tertiary/aromatic N) is 2. The van der Waals surface area contributed by atoms with Gasteiger partial charge in [-0.3, -0.25) is 4.99 Å². The molecule has 0 radical (unpaired) electrons. The predicted molar refractivity (Wildman–Crippen MR) is 98.5 cm³/mol. The van der Waals surface area contributed by atoms with Gasteiger partial charge >= 0.3 is 0 Å². The SMILES string of the molecule is CCS(=O)(=O)CCNC(=NC)NCc1cc(C(C)C)no1.I. The quantitative estimate of drug-likeness (QED) is 0.376. The third kappa shape index (κ3) is 7.43. The van der Waals surface area contributed by atoms with E-state index in [0.29, 0.717) is 30.7 Å². The number of guanidine groups is 1. The van der Waals surface area contributed by atoms with Crippen molar-refractivity contribution in [3.8, 4) is 0 Å². The molecule has 1 aromatic rings. The van der Waals surface area contributed by atoms with Crippen LogP contribution in [0.5, 0.6) is 0 Å². The van der Waals surface area contributed by atoms with Crippen LogP contribution in [0.1, 0.15) is 38.1 Å². The standard InChI is InChI=1S/C13H24N4O3S.HI/c1-5-21(18,19)7-6-15-13(14-4)16-9-11-8-12(10(2)3)17-20-11;/h8,10H,5-7,9H2,1-4H3,(H2,14,15,16);1H. The van der Waals surface area contributed by atoms with E-state index in [9.17, 15) is 8.42 Å². The molecule has 0 aromatic carbocycles. The van der Waals surface area contributed by atoms with E-state index < -0.39 is 9.84 Å². The van der Waals surface area contributed by atoms with Gasteiger partial charge in [-0.25, -0.2) is 8.42 Å². The van der Waals surface area contributed by atoms with Crippen LogP contribution >= 0.6 is 24.0 Å². The molecular weight excluding hydrogens is 419 g/mol. The van der Waals surface area contributed by atoms with Gasteiger partial charge in [0, 0.05) is 25.4 Å². The Kier molecular flexibility index (Phi) is 9.65.